The monoisotopic (exact) mass is 448 g/mol. The summed E-state index contributed by atoms with van der Waals surface area (Å²) in [6, 6.07) is 16.6. The minimum atomic E-state index is -0.111. The second kappa shape index (κ2) is 9.53. The van der Waals surface area contributed by atoms with Gasteiger partial charge in [0.05, 0.1) is 13.2 Å². The summed E-state index contributed by atoms with van der Waals surface area (Å²) in [5.74, 6) is 1.14. The highest BCUT2D eigenvalue weighted by atomic mass is 16.5. The zero-order valence-electron chi connectivity index (χ0n) is 19.1. The summed E-state index contributed by atoms with van der Waals surface area (Å²) < 4.78 is 5.23. The molecule has 0 spiro atoms. The number of anilines is 1. The van der Waals surface area contributed by atoms with Crippen molar-refractivity contribution in [2.45, 2.75) is 50.4 Å². The van der Waals surface area contributed by atoms with E-state index in [1.54, 1.807) is 7.11 Å². The van der Waals surface area contributed by atoms with E-state index in [4.69, 9.17) is 4.74 Å². The first kappa shape index (κ1) is 21.9. The van der Waals surface area contributed by atoms with Crippen LogP contribution in [0, 0.1) is 0 Å². The Morgan fingerprint density at radius 3 is 2.82 bits per heavy atom. The molecule has 0 radical (unpaired) electrons. The highest BCUT2D eigenvalue weighted by Gasteiger charge is 2.43. The number of hydrogen-bond donors (Lipinski definition) is 2. The quantitative estimate of drug-likeness (QED) is 0.679. The van der Waals surface area contributed by atoms with Crippen LogP contribution < -0.4 is 20.3 Å². The fourth-order valence-electron chi connectivity index (χ4n) is 5.42. The maximum absolute atomic E-state index is 13.0. The molecule has 0 saturated carbocycles. The molecule has 0 bridgehead atoms. The van der Waals surface area contributed by atoms with Gasteiger partial charge in [0.15, 0.2) is 0 Å². The van der Waals surface area contributed by atoms with Crippen LogP contribution in [0.3, 0.4) is 0 Å². The van der Waals surface area contributed by atoms with E-state index in [1.165, 1.54) is 11.1 Å². The SMILES string of the molecule is COc1ccc(CN[C@H]2C[C@H]3C(=O)NC[C@@H](CCC(=O)N4CCc5ccccc54)N3C2)cc1. The Morgan fingerprint density at radius 1 is 1.18 bits per heavy atom. The Morgan fingerprint density at radius 2 is 2.00 bits per heavy atom. The minimum Gasteiger partial charge on any atom is -0.497 e. The van der Waals surface area contributed by atoms with Gasteiger partial charge in [0.25, 0.3) is 0 Å². The van der Waals surface area contributed by atoms with Crippen LogP contribution in [-0.4, -0.2) is 61.6 Å². The largest absolute Gasteiger partial charge is 0.497 e. The Bertz CT molecular complexity index is 1010. The third kappa shape index (κ3) is 4.61. The maximum Gasteiger partial charge on any atom is 0.237 e. The van der Waals surface area contributed by atoms with Gasteiger partial charge >= 0.3 is 0 Å². The molecule has 2 amide bonds. The summed E-state index contributed by atoms with van der Waals surface area (Å²) in [4.78, 5) is 29.7. The number of piperazine rings is 1. The fourth-order valence-corrected chi connectivity index (χ4v) is 5.42. The molecule has 0 unspecified atom stereocenters. The van der Waals surface area contributed by atoms with E-state index < -0.39 is 0 Å². The zero-order valence-corrected chi connectivity index (χ0v) is 19.1. The van der Waals surface area contributed by atoms with Crippen molar-refractivity contribution in [2.75, 3.05) is 31.6 Å². The summed E-state index contributed by atoms with van der Waals surface area (Å²) in [6.45, 7) is 2.97. The van der Waals surface area contributed by atoms with Gasteiger partial charge in [0, 0.05) is 50.4 Å². The van der Waals surface area contributed by atoms with Crippen LogP contribution >= 0.6 is 0 Å². The van der Waals surface area contributed by atoms with Crippen LogP contribution in [0.25, 0.3) is 0 Å². The highest BCUT2D eigenvalue weighted by Crippen LogP contribution is 2.30. The molecular formula is C26H32N4O3. The lowest BCUT2D eigenvalue weighted by Crippen LogP contribution is -2.58. The average molecular weight is 449 g/mol. The molecule has 33 heavy (non-hydrogen) atoms. The highest BCUT2D eigenvalue weighted by molar-refractivity contribution is 5.95. The van der Waals surface area contributed by atoms with E-state index in [0.29, 0.717) is 13.0 Å². The first-order valence-corrected chi connectivity index (χ1v) is 11.9. The molecule has 174 valence electrons. The standard InChI is InChI=1S/C26H32N4O3/c1-33-22-9-6-18(7-10-22)15-27-20-14-24-26(32)28-16-21(30(24)17-20)8-11-25(31)29-13-12-19-4-2-3-5-23(19)29/h2-7,9-10,20-21,24,27H,8,11-17H2,1H3,(H,28,32)/t20-,21+,24-/m0/s1. The van der Waals surface area contributed by atoms with Gasteiger partial charge < -0.3 is 20.3 Å². The van der Waals surface area contributed by atoms with E-state index in [-0.39, 0.29) is 29.9 Å². The summed E-state index contributed by atoms with van der Waals surface area (Å²) in [5.41, 5.74) is 3.50. The van der Waals surface area contributed by atoms with Crippen molar-refractivity contribution in [2.24, 2.45) is 0 Å². The average Bonchev–Trinajstić information content (AvgIpc) is 3.48. The predicted molar refractivity (Wildman–Crippen MR) is 127 cm³/mol. The van der Waals surface area contributed by atoms with Gasteiger partial charge in [0.1, 0.15) is 5.75 Å². The lowest BCUT2D eigenvalue weighted by molar-refractivity contribution is -0.129. The van der Waals surface area contributed by atoms with Crippen LogP contribution in [0.2, 0.25) is 0 Å². The molecule has 5 rings (SSSR count). The van der Waals surface area contributed by atoms with Crippen LogP contribution in [0.5, 0.6) is 5.75 Å². The third-order valence-electron chi connectivity index (χ3n) is 7.26. The van der Waals surface area contributed by atoms with Crippen molar-refractivity contribution >= 4 is 17.5 Å². The van der Waals surface area contributed by atoms with Gasteiger partial charge in [-0.15, -0.1) is 0 Å². The molecule has 0 aliphatic carbocycles. The molecule has 3 atom stereocenters. The van der Waals surface area contributed by atoms with E-state index in [1.807, 2.05) is 35.2 Å². The Labute approximate surface area is 195 Å². The van der Waals surface area contributed by atoms with Crippen molar-refractivity contribution in [1.29, 1.82) is 0 Å². The zero-order chi connectivity index (χ0) is 22.8. The van der Waals surface area contributed by atoms with Gasteiger partial charge in [0.2, 0.25) is 11.8 Å². The molecule has 3 aliphatic rings. The molecule has 3 aliphatic heterocycles. The number of fused-ring (bicyclic) bond motifs is 2. The van der Waals surface area contributed by atoms with Gasteiger partial charge in [-0.25, -0.2) is 0 Å². The van der Waals surface area contributed by atoms with Crippen LogP contribution in [0.1, 0.15) is 30.4 Å². The number of carbonyl (C=O) groups excluding carboxylic acids is 2. The Kier molecular flexibility index (Phi) is 6.33. The number of ether oxygens (including phenoxy) is 1. The number of carbonyl (C=O) groups is 2. The molecular weight excluding hydrogens is 416 g/mol. The second-order valence-corrected chi connectivity index (χ2v) is 9.24. The number of para-hydroxylation sites is 1. The van der Waals surface area contributed by atoms with Gasteiger partial charge in [-0.2, -0.15) is 0 Å². The topological polar surface area (TPSA) is 73.9 Å². The number of benzene rings is 2. The van der Waals surface area contributed by atoms with Gasteiger partial charge in [-0.05, 0) is 48.6 Å². The molecule has 2 saturated heterocycles. The Balaban J connectivity index is 1.16. The number of nitrogens with one attached hydrogen (secondary N) is 2. The first-order chi connectivity index (χ1) is 16.1. The third-order valence-corrected chi connectivity index (χ3v) is 7.26. The van der Waals surface area contributed by atoms with E-state index >= 15 is 0 Å². The van der Waals surface area contributed by atoms with E-state index in [2.05, 4.69) is 33.7 Å². The number of amides is 2. The van der Waals surface area contributed by atoms with Crippen LogP contribution in [0.4, 0.5) is 5.69 Å². The Hall–Kier alpha value is -2.90. The first-order valence-electron chi connectivity index (χ1n) is 11.9. The summed E-state index contributed by atoms with van der Waals surface area (Å²) in [6.07, 6.45) is 2.99. The predicted octanol–water partition coefficient (Wildman–Crippen LogP) is 2.10. The smallest absolute Gasteiger partial charge is 0.237 e. The normalized spacial score (nSPS) is 24.3. The number of hydrogen-bond acceptors (Lipinski definition) is 5. The van der Waals surface area contributed by atoms with E-state index in [9.17, 15) is 9.59 Å². The summed E-state index contributed by atoms with van der Waals surface area (Å²) in [5, 5.41) is 6.69. The molecule has 7 heteroatoms. The molecule has 3 heterocycles. The molecule has 2 aromatic carbocycles. The maximum atomic E-state index is 13.0. The fraction of sp³-hybridized carbons (Fsp3) is 0.462. The molecule has 2 fully saturated rings. The minimum absolute atomic E-state index is 0.111. The molecule has 7 nitrogen and oxygen atoms in total. The van der Waals surface area contributed by atoms with Crippen molar-refractivity contribution in [3.05, 3.63) is 59.7 Å². The molecule has 0 aromatic heterocycles. The lowest BCUT2D eigenvalue weighted by Gasteiger charge is -2.37. The summed E-state index contributed by atoms with van der Waals surface area (Å²) in [7, 11) is 1.67. The summed E-state index contributed by atoms with van der Waals surface area (Å²) >= 11 is 0. The van der Waals surface area contributed by atoms with Crippen molar-refractivity contribution in [3.8, 4) is 5.75 Å². The number of nitrogens with zero attached hydrogens (tertiary/aromatic N) is 2. The second-order valence-electron chi connectivity index (χ2n) is 9.24. The van der Waals surface area contributed by atoms with Crippen LogP contribution in [0.15, 0.2) is 48.5 Å². The van der Waals surface area contributed by atoms with Gasteiger partial charge in [-0.3, -0.25) is 14.5 Å². The van der Waals surface area contributed by atoms with Crippen LogP contribution in [-0.2, 0) is 22.6 Å². The number of rotatable bonds is 7. The van der Waals surface area contributed by atoms with Crippen molar-refractivity contribution < 1.29 is 14.3 Å². The van der Waals surface area contributed by atoms with E-state index in [0.717, 1.165) is 50.3 Å². The van der Waals surface area contributed by atoms with Crippen molar-refractivity contribution in [3.63, 3.8) is 0 Å². The lowest BCUT2D eigenvalue weighted by atomic mass is 10.0. The van der Waals surface area contributed by atoms with Gasteiger partial charge in [-0.1, -0.05) is 30.3 Å². The van der Waals surface area contributed by atoms with Crippen molar-refractivity contribution in [1.82, 2.24) is 15.5 Å². The molecule has 2 N–H and O–H groups in total. The molecule has 2 aromatic rings. The number of methoxy groups -OCH3 is 1.